The zero-order valence-corrected chi connectivity index (χ0v) is 10.3. The summed E-state index contributed by atoms with van der Waals surface area (Å²) in [6.45, 7) is 0. The molecule has 1 saturated carbocycles. The third-order valence-corrected chi connectivity index (χ3v) is 3.21. The van der Waals surface area contributed by atoms with E-state index in [1.807, 2.05) is 0 Å². The fourth-order valence-electron chi connectivity index (χ4n) is 2.01. The van der Waals surface area contributed by atoms with E-state index in [0.29, 0.717) is 0 Å². The second kappa shape index (κ2) is 5.81. The third kappa shape index (κ3) is 2.65. The van der Waals surface area contributed by atoms with Crippen molar-refractivity contribution in [3.05, 3.63) is 30.1 Å². The minimum absolute atomic E-state index is 0.0852. The highest BCUT2D eigenvalue weighted by Gasteiger charge is 2.50. The molecule has 5 N–H and O–H groups in total. The SMILES string of the molecule is O=C(OC1C(O)C(O)C(O)C(O)C1O)c1cccnc1. The number of aromatic nitrogens is 1. The van der Waals surface area contributed by atoms with Gasteiger partial charge in [0, 0.05) is 12.4 Å². The number of hydrogen-bond donors (Lipinski definition) is 5. The van der Waals surface area contributed by atoms with Crippen molar-refractivity contribution in [3.63, 3.8) is 0 Å². The molecule has 20 heavy (non-hydrogen) atoms. The van der Waals surface area contributed by atoms with Crippen LogP contribution in [0.4, 0.5) is 0 Å². The quantitative estimate of drug-likeness (QED) is 0.373. The zero-order chi connectivity index (χ0) is 14.9. The minimum Gasteiger partial charge on any atom is -0.453 e. The Morgan fingerprint density at radius 3 is 2.05 bits per heavy atom. The number of rotatable bonds is 2. The van der Waals surface area contributed by atoms with Gasteiger partial charge in [-0.15, -0.1) is 0 Å². The second-order valence-corrected chi connectivity index (χ2v) is 4.56. The summed E-state index contributed by atoms with van der Waals surface area (Å²) >= 11 is 0. The van der Waals surface area contributed by atoms with Crippen molar-refractivity contribution in [1.29, 1.82) is 0 Å². The van der Waals surface area contributed by atoms with Gasteiger partial charge in [0.05, 0.1) is 5.56 Å². The molecule has 1 aromatic heterocycles. The molecule has 1 aliphatic carbocycles. The molecule has 0 spiro atoms. The van der Waals surface area contributed by atoms with Crippen LogP contribution < -0.4 is 0 Å². The normalized spacial score (nSPS) is 37.5. The Kier molecular flexibility index (Phi) is 4.31. The van der Waals surface area contributed by atoms with Crippen molar-refractivity contribution in [2.75, 3.05) is 0 Å². The van der Waals surface area contributed by atoms with Gasteiger partial charge in [0.25, 0.3) is 0 Å². The highest BCUT2D eigenvalue weighted by atomic mass is 16.6. The van der Waals surface area contributed by atoms with Crippen LogP contribution in [0.2, 0.25) is 0 Å². The molecule has 1 aliphatic rings. The largest absolute Gasteiger partial charge is 0.453 e. The van der Waals surface area contributed by atoms with E-state index in [9.17, 15) is 30.3 Å². The highest BCUT2D eigenvalue weighted by Crippen LogP contribution is 2.24. The van der Waals surface area contributed by atoms with Crippen LogP contribution >= 0.6 is 0 Å². The van der Waals surface area contributed by atoms with Crippen molar-refractivity contribution < 1.29 is 35.1 Å². The number of ether oxygens (including phenoxy) is 1. The molecule has 0 aliphatic heterocycles. The lowest BCUT2D eigenvalue weighted by Gasteiger charge is -2.41. The molecule has 110 valence electrons. The van der Waals surface area contributed by atoms with Crippen LogP contribution in [0.25, 0.3) is 0 Å². The summed E-state index contributed by atoms with van der Waals surface area (Å²) < 4.78 is 4.88. The molecule has 4 unspecified atom stereocenters. The Morgan fingerprint density at radius 2 is 1.55 bits per heavy atom. The predicted molar refractivity (Wildman–Crippen MR) is 63.5 cm³/mol. The maximum Gasteiger partial charge on any atom is 0.340 e. The van der Waals surface area contributed by atoms with Gasteiger partial charge in [-0.2, -0.15) is 0 Å². The molecule has 8 heteroatoms. The molecule has 2 rings (SSSR count). The standard InChI is InChI=1S/C12H15NO7/c14-6-7(15)9(17)11(10(18)8(6)16)20-12(19)5-2-1-3-13-4-5/h1-4,6-11,14-18H. The second-order valence-electron chi connectivity index (χ2n) is 4.56. The Labute approximate surface area is 113 Å². The summed E-state index contributed by atoms with van der Waals surface area (Å²) in [5.74, 6) is -0.878. The van der Waals surface area contributed by atoms with Gasteiger partial charge >= 0.3 is 5.97 Å². The van der Waals surface area contributed by atoms with Crippen LogP contribution in [0.5, 0.6) is 0 Å². The van der Waals surface area contributed by atoms with Crippen molar-refractivity contribution in [1.82, 2.24) is 4.98 Å². The first kappa shape index (κ1) is 14.8. The van der Waals surface area contributed by atoms with Crippen LogP contribution in [0.15, 0.2) is 24.5 Å². The van der Waals surface area contributed by atoms with Crippen LogP contribution in [0, 0.1) is 0 Å². The number of pyridine rings is 1. The van der Waals surface area contributed by atoms with Crippen LogP contribution in [-0.2, 0) is 4.74 Å². The molecule has 1 aromatic rings. The zero-order valence-electron chi connectivity index (χ0n) is 10.3. The molecule has 1 heterocycles. The summed E-state index contributed by atoms with van der Waals surface area (Å²) in [6.07, 6.45) is -7.52. The van der Waals surface area contributed by atoms with Crippen LogP contribution in [0.1, 0.15) is 10.4 Å². The fourth-order valence-corrected chi connectivity index (χ4v) is 2.01. The molecule has 0 radical (unpaired) electrons. The average molecular weight is 285 g/mol. The van der Waals surface area contributed by atoms with Crippen molar-refractivity contribution in [3.8, 4) is 0 Å². The van der Waals surface area contributed by atoms with E-state index in [0.717, 1.165) is 0 Å². The summed E-state index contributed by atoms with van der Waals surface area (Å²) in [5, 5.41) is 47.8. The van der Waals surface area contributed by atoms with E-state index in [1.54, 1.807) is 0 Å². The smallest absolute Gasteiger partial charge is 0.340 e. The lowest BCUT2D eigenvalue weighted by atomic mass is 9.85. The third-order valence-electron chi connectivity index (χ3n) is 3.21. The molecule has 0 bridgehead atoms. The van der Waals surface area contributed by atoms with E-state index in [-0.39, 0.29) is 5.56 Å². The molecule has 8 nitrogen and oxygen atoms in total. The molecule has 0 amide bonds. The van der Waals surface area contributed by atoms with E-state index in [1.165, 1.54) is 24.5 Å². The van der Waals surface area contributed by atoms with Gasteiger partial charge < -0.3 is 30.3 Å². The maximum atomic E-state index is 11.8. The first-order valence-electron chi connectivity index (χ1n) is 5.95. The topological polar surface area (TPSA) is 140 Å². The number of carbonyl (C=O) groups excluding carboxylic acids is 1. The number of aliphatic hydroxyl groups excluding tert-OH is 5. The fraction of sp³-hybridized carbons (Fsp3) is 0.500. The molecule has 0 aromatic carbocycles. The van der Waals surface area contributed by atoms with Gasteiger partial charge in [0.2, 0.25) is 0 Å². The van der Waals surface area contributed by atoms with Crippen molar-refractivity contribution in [2.45, 2.75) is 36.6 Å². The summed E-state index contributed by atoms with van der Waals surface area (Å²) in [5.41, 5.74) is 0.0852. The van der Waals surface area contributed by atoms with Crippen molar-refractivity contribution >= 4 is 5.97 Å². The predicted octanol–water partition coefficient (Wildman–Crippen LogP) is -2.57. The van der Waals surface area contributed by atoms with E-state index < -0.39 is 42.6 Å². The number of nitrogens with zero attached hydrogens (tertiary/aromatic N) is 1. The van der Waals surface area contributed by atoms with Crippen LogP contribution in [-0.4, -0.2) is 73.1 Å². The van der Waals surface area contributed by atoms with E-state index >= 15 is 0 Å². The first-order chi connectivity index (χ1) is 9.43. The van der Waals surface area contributed by atoms with Gasteiger partial charge in [-0.05, 0) is 12.1 Å². The van der Waals surface area contributed by atoms with Gasteiger partial charge in [0.1, 0.15) is 30.5 Å². The number of hydrogen-bond acceptors (Lipinski definition) is 8. The van der Waals surface area contributed by atoms with Crippen LogP contribution in [0.3, 0.4) is 0 Å². The van der Waals surface area contributed by atoms with Gasteiger partial charge in [-0.3, -0.25) is 4.98 Å². The van der Waals surface area contributed by atoms with Crippen molar-refractivity contribution in [2.24, 2.45) is 0 Å². The Morgan fingerprint density at radius 1 is 1.00 bits per heavy atom. The molecule has 0 saturated heterocycles. The Balaban J connectivity index is 2.13. The average Bonchev–Trinajstić information content (AvgIpc) is 2.48. The maximum absolute atomic E-state index is 11.8. The number of carbonyl (C=O) groups is 1. The Bertz CT molecular complexity index is 452. The number of esters is 1. The molecule has 4 atom stereocenters. The first-order valence-corrected chi connectivity index (χ1v) is 5.95. The van der Waals surface area contributed by atoms with Gasteiger partial charge in [0.15, 0.2) is 6.10 Å². The molecular weight excluding hydrogens is 270 g/mol. The summed E-state index contributed by atoms with van der Waals surface area (Å²) in [7, 11) is 0. The van der Waals surface area contributed by atoms with E-state index in [2.05, 4.69) is 4.98 Å². The monoisotopic (exact) mass is 285 g/mol. The van der Waals surface area contributed by atoms with Gasteiger partial charge in [-0.25, -0.2) is 4.79 Å². The minimum atomic E-state index is -1.74. The lowest BCUT2D eigenvalue weighted by molar-refractivity contribution is -0.223. The summed E-state index contributed by atoms with van der Waals surface area (Å²) in [6, 6.07) is 2.91. The number of aliphatic hydroxyl groups is 5. The highest BCUT2D eigenvalue weighted by molar-refractivity contribution is 5.89. The van der Waals surface area contributed by atoms with E-state index in [4.69, 9.17) is 4.74 Å². The Hall–Kier alpha value is -1.58. The molecule has 1 fully saturated rings. The lowest BCUT2D eigenvalue weighted by Crippen LogP contribution is -2.64. The summed E-state index contributed by atoms with van der Waals surface area (Å²) in [4.78, 5) is 15.5. The van der Waals surface area contributed by atoms with Gasteiger partial charge in [-0.1, -0.05) is 0 Å². The molecular formula is C12H15NO7.